The van der Waals surface area contributed by atoms with E-state index >= 15 is 0 Å². The number of hydrogen-bond donors (Lipinski definition) is 2. The van der Waals surface area contributed by atoms with E-state index in [0.717, 1.165) is 30.0 Å². The Morgan fingerprint density at radius 3 is 2.63 bits per heavy atom. The number of unbranched alkanes of at least 4 members (excludes halogenated alkanes) is 6. The first-order chi connectivity index (χ1) is 14.7. The molecule has 2 aromatic rings. The predicted molar refractivity (Wildman–Crippen MR) is 130 cm³/mol. The van der Waals surface area contributed by atoms with Crippen LogP contribution in [0.1, 0.15) is 81.9 Å². The normalized spacial score (nSPS) is 20.2. The van der Waals surface area contributed by atoms with Gasteiger partial charge in [0.1, 0.15) is 0 Å². The Balaban J connectivity index is 1.47. The van der Waals surface area contributed by atoms with Crippen LogP contribution in [0.4, 0.5) is 5.69 Å². The molecule has 0 saturated heterocycles. The second-order valence-corrected chi connectivity index (χ2v) is 9.75. The molecule has 1 aromatic carbocycles. The molecule has 162 valence electrons. The second-order valence-electron chi connectivity index (χ2n) is 9.31. The van der Waals surface area contributed by atoms with Gasteiger partial charge in [0.05, 0.1) is 5.52 Å². The number of nitrogens with zero attached hydrogens (tertiary/aromatic N) is 1. The van der Waals surface area contributed by atoms with E-state index in [-0.39, 0.29) is 0 Å². The van der Waals surface area contributed by atoms with E-state index in [4.69, 9.17) is 22.3 Å². The number of nitrogens with two attached hydrogens (primary N) is 1. The highest BCUT2D eigenvalue weighted by Crippen LogP contribution is 2.47. The standard InChI is InChI=1S/C26H36ClN3/c1-18-13-19-15-20(14-18)25-24(16-19)30-23-17-21(27)9-10-22(23)26(25)29-12-8-6-4-2-3-5-7-11-28/h9-10,13,17,19-20H,2-8,11-12,14-16,28H2,1H3,(H,29,30)/t19-,20+/m1/s1. The molecular formula is C26H36ClN3. The topological polar surface area (TPSA) is 50.9 Å². The van der Waals surface area contributed by atoms with Crippen molar-refractivity contribution in [2.45, 2.75) is 77.0 Å². The molecule has 3 N–H and O–H groups in total. The van der Waals surface area contributed by atoms with Crippen molar-refractivity contribution >= 4 is 28.2 Å². The Hall–Kier alpha value is -1.58. The summed E-state index contributed by atoms with van der Waals surface area (Å²) >= 11 is 6.30. The molecule has 4 rings (SSSR count). The number of aromatic nitrogens is 1. The molecule has 4 heteroatoms. The lowest BCUT2D eigenvalue weighted by atomic mass is 9.71. The third kappa shape index (κ3) is 5.00. The number of rotatable bonds is 10. The molecule has 0 saturated carbocycles. The van der Waals surface area contributed by atoms with Gasteiger partial charge < -0.3 is 11.1 Å². The van der Waals surface area contributed by atoms with Gasteiger partial charge in [-0.05, 0) is 75.6 Å². The molecule has 3 nitrogen and oxygen atoms in total. The van der Waals surface area contributed by atoms with Gasteiger partial charge in [0.15, 0.2) is 0 Å². The van der Waals surface area contributed by atoms with Gasteiger partial charge in [0.2, 0.25) is 0 Å². The average Bonchev–Trinajstić information content (AvgIpc) is 2.71. The zero-order valence-corrected chi connectivity index (χ0v) is 19.1. The second kappa shape index (κ2) is 10.2. The van der Waals surface area contributed by atoms with Crippen molar-refractivity contribution in [1.29, 1.82) is 0 Å². The number of halogens is 1. The summed E-state index contributed by atoms with van der Waals surface area (Å²) in [7, 11) is 0. The van der Waals surface area contributed by atoms with Gasteiger partial charge >= 0.3 is 0 Å². The number of fused-ring (bicyclic) bond motifs is 5. The maximum Gasteiger partial charge on any atom is 0.0741 e. The van der Waals surface area contributed by atoms with E-state index in [9.17, 15) is 0 Å². The van der Waals surface area contributed by atoms with Crippen molar-refractivity contribution in [2.75, 3.05) is 18.4 Å². The predicted octanol–water partition coefficient (Wildman–Crippen LogP) is 6.99. The van der Waals surface area contributed by atoms with Crippen LogP contribution in [0.5, 0.6) is 0 Å². The fraction of sp³-hybridized carbons (Fsp3) is 0.577. The zero-order valence-electron chi connectivity index (χ0n) is 18.4. The Kier molecular flexibility index (Phi) is 7.32. The number of benzene rings is 1. The molecule has 2 aliphatic rings. The quantitative estimate of drug-likeness (QED) is 0.318. The van der Waals surface area contributed by atoms with E-state index in [0.29, 0.717) is 11.8 Å². The highest BCUT2D eigenvalue weighted by atomic mass is 35.5. The molecule has 2 atom stereocenters. The SMILES string of the molecule is CC1=C[C@H]2Cc3nc4cc(Cl)ccc4c(NCCCCCCCCCN)c3[C@@H](C1)C2. The van der Waals surface area contributed by atoms with Gasteiger partial charge in [0, 0.05) is 33.9 Å². The van der Waals surface area contributed by atoms with E-state index < -0.39 is 0 Å². The molecule has 0 fully saturated rings. The van der Waals surface area contributed by atoms with Crippen molar-refractivity contribution in [3.8, 4) is 0 Å². The smallest absolute Gasteiger partial charge is 0.0741 e. The third-order valence-corrected chi connectivity index (χ3v) is 7.02. The van der Waals surface area contributed by atoms with Gasteiger partial charge in [-0.25, -0.2) is 0 Å². The van der Waals surface area contributed by atoms with Crippen LogP contribution in [0.3, 0.4) is 0 Å². The molecule has 0 amide bonds. The third-order valence-electron chi connectivity index (χ3n) is 6.79. The van der Waals surface area contributed by atoms with Crippen LogP contribution < -0.4 is 11.1 Å². The van der Waals surface area contributed by atoms with Crippen molar-refractivity contribution in [2.24, 2.45) is 11.7 Å². The summed E-state index contributed by atoms with van der Waals surface area (Å²) in [5.74, 6) is 1.24. The molecule has 0 spiro atoms. The fourth-order valence-electron chi connectivity index (χ4n) is 5.44. The monoisotopic (exact) mass is 425 g/mol. The van der Waals surface area contributed by atoms with Gasteiger partial charge in [-0.15, -0.1) is 0 Å². The van der Waals surface area contributed by atoms with Crippen LogP contribution in [0.2, 0.25) is 5.02 Å². The van der Waals surface area contributed by atoms with Crippen LogP contribution in [0.25, 0.3) is 10.9 Å². The maximum absolute atomic E-state index is 6.30. The summed E-state index contributed by atoms with van der Waals surface area (Å²) in [6.45, 7) is 4.15. The van der Waals surface area contributed by atoms with Crippen molar-refractivity contribution in [3.05, 3.63) is 46.1 Å². The molecule has 1 heterocycles. The summed E-state index contributed by atoms with van der Waals surface area (Å²) in [4.78, 5) is 5.08. The summed E-state index contributed by atoms with van der Waals surface area (Å²) in [5, 5.41) is 5.84. The molecule has 30 heavy (non-hydrogen) atoms. The minimum absolute atomic E-state index is 0.598. The Morgan fingerprint density at radius 2 is 1.83 bits per heavy atom. The van der Waals surface area contributed by atoms with Crippen molar-refractivity contribution in [3.63, 3.8) is 0 Å². The first-order valence-corrected chi connectivity index (χ1v) is 12.3. The lowest BCUT2D eigenvalue weighted by Gasteiger charge is -2.36. The molecule has 1 aromatic heterocycles. The number of allylic oxidation sites excluding steroid dienone is 2. The van der Waals surface area contributed by atoms with Gasteiger partial charge in [-0.2, -0.15) is 0 Å². The number of pyridine rings is 1. The van der Waals surface area contributed by atoms with E-state index in [2.05, 4.69) is 24.4 Å². The summed E-state index contributed by atoms with van der Waals surface area (Å²) in [6, 6.07) is 6.18. The molecule has 0 unspecified atom stereocenters. The first kappa shape index (κ1) is 21.6. The molecule has 2 bridgehead atoms. The van der Waals surface area contributed by atoms with Gasteiger partial charge in [-0.1, -0.05) is 55.4 Å². The van der Waals surface area contributed by atoms with Crippen molar-refractivity contribution < 1.29 is 0 Å². The molecule has 2 aliphatic carbocycles. The minimum atomic E-state index is 0.598. The highest BCUT2D eigenvalue weighted by molar-refractivity contribution is 6.31. The first-order valence-electron chi connectivity index (χ1n) is 11.9. The summed E-state index contributed by atoms with van der Waals surface area (Å²) in [5.41, 5.74) is 12.2. The van der Waals surface area contributed by atoms with Gasteiger partial charge in [-0.3, -0.25) is 4.98 Å². The Morgan fingerprint density at radius 1 is 1.07 bits per heavy atom. The number of hydrogen-bond acceptors (Lipinski definition) is 3. The van der Waals surface area contributed by atoms with Crippen LogP contribution in [-0.4, -0.2) is 18.1 Å². The van der Waals surface area contributed by atoms with Crippen LogP contribution >= 0.6 is 11.6 Å². The van der Waals surface area contributed by atoms with Crippen LogP contribution in [-0.2, 0) is 6.42 Å². The molecule has 0 radical (unpaired) electrons. The van der Waals surface area contributed by atoms with Gasteiger partial charge in [0.25, 0.3) is 0 Å². The average molecular weight is 426 g/mol. The number of nitrogens with one attached hydrogen (secondary N) is 1. The summed E-state index contributed by atoms with van der Waals surface area (Å²) in [6.07, 6.45) is 14.9. The zero-order chi connectivity index (χ0) is 20.9. The minimum Gasteiger partial charge on any atom is -0.384 e. The van der Waals surface area contributed by atoms with Crippen LogP contribution in [0.15, 0.2) is 29.8 Å². The number of anilines is 1. The lowest BCUT2D eigenvalue weighted by Crippen LogP contribution is -2.24. The largest absolute Gasteiger partial charge is 0.384 e. The van der Waals surface area contributed by atoms with Crippen molar-refractivity contribution in [1.82, 2.24) is 4.98 Å². The van der Waals surface area contributed by atoms with Crippen LogP contribution in [0, 0.1) is 5.92 Å². The lowest BCUT2D eigenvalue weighted by molar-refractivity contribution is 0.433. The highest BCUT2D eigenvalue weighted by Gasteiger charge is 2.33. The van der Waals surface area contributed by atoms with E-state index in [1.165, 1.54) is 80.1 Å². The Bertz CT molecular complexity index is 905. The van der Waals surface area contributed by atoms with E-state index in [1.54, 1.807) is 5.57 Å². The molecule has 0 aliphatic heterocycles. The maximum atomic E-state index is 6.30. The molecular weight excluding hydrogens is 390 g/mol. The Labute approximate surface area is 186 Å². The summed E-state index contributed by atoms with van der Waals surface area (Å²) < 4.78 is 0. The van der Waals surface area contributed by atoms with E-state index in [1.807, 2.05) is 12.1 Å². The fourth-order valence-corrected chi connectivity index (χ4v) is 5.61.